The van der Waals surface area contributed by atoms with E-state index in [2.05, 4.69) is 0 Å². The molecular formula is C10H9NO7S2. The van der Waals surface area contributed by atoms with Gasteiger partial charge in [0, 0.05) is 16.8 Å². The lowest BCUT2D eigenvalue weighted by molar-refractivity contribution is 0.471. The number of benzene rings is 2. The number of hydrogen-bond donors (Lipinski definition) is 4. The third-order valence-corrected chi connectivity index (χ3v) is 4.41. The molecule has 8 nitrogen and oxygen atoms in total. The third-order valence-electron chi connectivity index (χ3n) is 2.66. The van der Waals surface area contributed by atoms with Crippen molar-refractivity contribution < 1.29 is 31.0 Å². The first kappa shape index (κ1) is 14.5. The minimum Gasteiger partial charge on any atom is -0.507 e. The highest BCUT2D eigenvalue weighted by molar-refractivity contribution is 7.86. The molecule has 10 heteroatoms. The molecule has 0 fully saturated rings. The monoisotopic (exact) mass is 319 g/mol. The third kappa shape index (κ3) is 2.41. The van der Waals surface area contributed by atoms with Gasteiger partial charge in [0.15, 0.2) is 0 Å². The topological polar surface area (TPSA) is 155 Å². The smallest absolute Gasteiger partial charge is 0.296 e. The van der Waals surface area contributed by atoms with Gasteiger partial charge in [-0.25, -0.2) is 0 Å². The van der Waals surface area contributed by atoms with Crippen LogP contribution < -0.4 is 5.73 Å². The SMILES string of the molecule is Nc1c(S(=O)(=O)O)ccc2c(O)cc(S(=O)(=O)O)cc12. The fourth-order valence-electron chi connectivity index (χ4n) is 1.77. The highest BCUT2D eigenvalue weighted by Crippen LogP contribution is 2.35. The van der Waals surface area contributed by atoms with Crippen LogP contribution >= 0.6 is 0 Å². The van der Waals surface area contributed by atoms with E-state index in [1.54, 1.807) is 0 Å². The Morgan fingerprint density at radius 2 is 1.50 bits per heavy atom. The van der Waals surface area contributed by atoms with Gasteiger partial charge >= 0.3 is 0 Å². The standard InChI is InChI=1S/C10H9NO7S2/c11-10-7-3-5(19(13,14)15)4-8(12)6(7)1-2-9(10)20(16,17)18/h1-4,12H,11H2,(H,13,14,15)(H,16,17,18). The number of anilines is 1. The van der Waals surface area contributed by atoms with E-state index in [9.17, 15) is 21.9 Å². The quantitative estimate of drug-likeness (QED) is 0.463. The molecule has 0 amide bonds. The molecule has 5 N–H and O–H groups in total. The van der Waals surface area contributed by atoms with Crippen molar-refractivity contribution in [3.8, 4) is 5.75 Å². The maximum absolute atomic E-state index is 11.1. The fourth-order valence-corrected chi connectivity index (χ4v) is 2.92. The molecule has 0 aliphatic carbocycles. The van der Waals surface area contributed by atoms with Crippen molar-refractivity contribution in [2.75, 3.05) is 5.73 Å². The van der Waals surface area contributed by atoms with Crippen LogP contribution in [0.3, 0.4) is 0 Å². The number of rotatable bonds is 2. The van der Waals surface area contributed by atoms with Crippen LogP contribution in [0.2, 0.25) is 0 Å². The zero-order valence-electron chi connectivity index (χ0n) is 9.68. The first-order chi connectivity index (χ1) is 9.01. The highest BCUT2D eigenvalue weighted by Gasteiger charge is 2.20. The summed E-state index contributed by atoms with van der Waals surface area (Å²) < 4.78 is 62.3. The van der Waals surface area contributed by atoms with Gasteiger partial charge < -0.3 is 10.8 Å². The zero-order valence-corrected chi connectivity index (χ0v) is 11.3. The average Bonchev–Trinajstić information content (AvgIpc) is 2.27. The van der Waals surface area contributed by atoms with Gasteiger partial charge in [-0.05, 0) is 18.2 Å². The Morgan fingerprint density at radius 1 is 0.900 bits per heavy atom. The van der Waals surface area contributed by atoms with E-state index in [1.165, 1.54) is 0 Å². The Bertz CT molecular complexity index is 916. The highest BCUT2D eigenvalue weighted by atomic mass is 32.2. The molecule has 0 atom stereocenters. The summed E-state index contributed by atoms with van der Waals surface area (Å²) in [5.74, 6) is -0.510. The molecule has 20 heavy (non-hydrogen) atoms. The van der Waals surface area contributed by atoms with Crippen LogP contribution in [0.4, 0.5) is 5.69 Å². The van der Waals surface area contributed by atoms with Crippen molar-refractivity contribution in [2.45, 2.75) is 9.79 Å². The molecule has 0 aliphatic heterocycles. The van der Waals surface area contributed by atoms with Gasteiger partial charge in [-0.1, -0.05) is 0 Å². The van der Waals surface area contributed by atoms with Gasteiger partial charge in [0.25, 0.3) is 20.2 Å². The molecular weight excluding hydrogens is 310 g/mol. The largest absolute Gasteiger partial charge is 0.507 e. The number of aromatic hydroxyl groups is 1. The number of hydrogen-bond acceptors (Lipinski definition) is 6. The van der Waals surface area contributed by atoms with Gasteiger partial charge in [-0.3, -0.25) is 9.11 Å². The molecule has 0 aliphatic rings. The molecule has 0 heterocycles. The lowest BCUT2D eigenvalue weighted by Gasteiger charge is -2.09. The minimum absolute atomic E-state index is 0.0716. The zero-order chi connectivity index (χ0) is 15.3. The second kappa shape index (κ2) is 4.31. The molecule has 2 aromatic carbocycles. The number of fused-ring (bicyclic) bond motifs is 1. The van der Waals surface area contributed by atoms with Crippen LogP contribution in [0.15, 0.2) is 34.1 Å². The minimum atomic E-state index is -4.61. The summed E-state index contributed by atoms with van der Waals surface area (Å²) in [6.07, 6.45) is 0. The van der Waals surface area contributed by atoms with Crippen molar-refractivity contribution in [1.82, 2.24) is 0 Å². The summed E-state index contributed by atoms with van der Waals surface area (Å²) in [7, 11) is -9.21. The molecule has 108 valence electrons. The Labute approximate surface area is 114 Å². The van der Waals surface area contributed by atoms with Crippen LogP contribution in [0.25, 0.3) is 10.8 Å². The van der Waals surface area contributed by atoms with Crippen LogP contribution in [0.1, 0.15) is 0 Å². The number of nitrogen functional groups attached to an aromatic ring is 1. The fraction of sp³-hybridized carbons (Fsp3) is 0. The Hall–Kier alpha value is -1.88. The van der Waals surface area contributed by atoms with E-state index in [1.807, 2.05) is 0 Å². The Kier molecular flexibility index (Phi) is 3.13. The first-order valence-electron chi connectivity index (χ1n) is 5.02. The Morgan fingerprint density at radius 3 is 2.00 bits per heavy atom. The summed E-state index contributed by atoms with van der Waals surface area (Å²) in [4.78, 5) is -1.28. The second-order valence-corrected chi connectivity index (χ2v) is 6.78. The van der Waals surface area contributed by atoms with Crippen LogP contribution in [-0.2, 0) is 20.2 Å². The predicted octanol–water partition coefficient (Wildman–Crippen LogP) is 0.621. The molecule has 0 saturated heterocycles. The van der Waals surface area contributed by atoms with Crippen LogP contribution in [0.5, 0.6) is 5.75 Å². The number of phenolic OH excluding ortho intramolecular Hbond substituents is 1. The summed E-state index contributed by atoms with van der Waals surface area (Å²) in [6, 6.07) is 3.82. The van der Waals surface area contributed by atoms with Gasteiger partial charge in [0.1, 0.15) is 10.6 Å². The van der Waals surface area contributed by atoms with E-state index in [0.717, 1.165) is 24.3 Å². The van der Waals surface area contributed by atoms with Crippen molar-refractivity contribution in [2.24, 2.45) is 0 Å². The van der Waals surface area contributed by atoms with Gasteiger partial charge in [0.05, 0.1) is 10.6 Å². The lowest BCUT2D eigenvalue weighted by atomic mass is 10.1. The molecule has 0 saturated carbocycles. The summed E-state index contributed by atoms with van der Waals surface area (Å²) in [5.41, 5.74) is 5.12. The van der Waals surface area contributed by atoms with E-state index in [0.29, 0.717) is 0 Å². The molecule has 0 radical (unpaired) electrons. The van der Waals surface area contributed by atoms with Crippen molar-refractivity contribution in [3.63, 3.8) is 0 Å². The summed E-state index contributed by atoms with van der Waals surface area (Å²) in [6.45, 7) is 0. The van der Waals surface area contributed by atoms with Crippen molar-refractivity contribution in [3.05, 3.63) is 24.3 Å². The normalized spacial score (nSPS) is 12.7. The van der Waals surface area contributed by atoms with E-state index < -0.39 is 41.5 Å². The van der Waals surface area contributed by atoms with Crippen molar-refractivity contribution >= 4 is 36.7 Å². The summed E-state index contributed by atoms with van der Waals surface area (Å²) in [5, 5.41) is 9.63. The first-order valence-corrected chi connectivity index (χ1v) is 7.90. The molecule has 0 aromatic heterocycles. The molecule has 0 bridgehead atoms. The van der Waals surface area contributed by atoms with Gasteiger partial charge in [-0.15, -0.1) is 0 Å². The van der Waals surface area contributed by atoms with Crippen molar-refractivity contribution in [1.29, 1.82) is 0 Å². The van der Waals surface area contributed by atoms with E-state index in [-0.39, 0.29) is 10.8 Å². The summed E-state index contributed by atoms with van der Waals surface area (Å²) >= 11 is 0. The van der Waals surface area contributed by atoms with Crippen LogP contribution in [0, 0.1) is 0 Å². The lowest BCUT2D eigenvalue weighted by Crippen LogP contribution is -2.04. The molecule has 0 unspecified atom stereocenters. The van der Waals surface area contributed by atoms with Gasteiger partial charge in [0.2, 0.25) is 0 Å². The Balaban J connectivity index is 2.97. The average molecular weight is 319 g/mol. The molecule has 0 spiro atoms. The second-order valence-electron chi connectivity index (χ2n) is 3.97. The molecule has 2 rings (SSSR count). The number of nitrogens with two attached hydrogens (primary N) is 1. The van der Waals surface area contributed by atoms with Crippen LogP contribution in [-0.4, -0.2) is 31.0 Å². The van der Waals surface area contributed by atoms with E-state index in [4.69, 9.17) is 14.8 Å². The number of phenols is 1. The predicted molar refractivity (Wildman–Crippen MR) is 69.7 cm³/mol. The van der Waals surface area contributed by atoms with Gasteiger partial charge in [-0.2, -0.15) is 16.8 Å². The molecule has 2 aromatic rings. The maximum Gasteiger partial charge on any atom is 0.296 e. The maximum atomic E-state index is 11.1. The van der Waals surface area contributed by atoms with E-state index >= 15 is 0 Å².